The highest BCUT2D eigenvalue weighted by molar-refractivity contribution is 5.77. The summed E-state index contributed by atoms with van der Waals surface area (Å²) in [4.78, 5) is 22.5. The lowest BCUT2D eigenvalue weighted by molar-refractivity contribution is -0.134. The Morgan fingerprint density at radius 2 is 1.18 bits per heavy atom. The summed E-state index contributed by atoms with van der Waals surface area (Å²) in [6.45, 7) is 2.55. The summed E-state index contributed by atoms with van der Waals surface area (Å²) >= 11 is 0. The lowest BCUT2D eigenvalue weighted by Gasteiger charge is -2.13. The van der Waals surface area contributed by atoms with Gasteiger partial charge in [0.1, 0.15) is 0 Å². The number of hydrogen-bond acceptors (Lipinski definition) is 7. The predicted molar refractivity (Wildman–Crippen MR) is 104 cm³/mol. The minimum absolute atomic E-state index is 0.162. The molecule has 0 aliphatic carbocycles. The third-order valence-corrected chi connectivity index (χ3v) is 3.63. The highest BCUT2D eigenvalue weighted by Crippen LogP contribution is 2.38. The number of methoxy groups -OCH3 is 3. The van der Waals surface area contributed by atoms with Crippen molar-refractivity contribution >= 4 is 24.1 Å². The molecule has 0 aliphatic heterocycles. The molecule has 2 aromatic rings. The fraction of sp³-hybridized carbons (Fsp3) is 0.238. The van der Waals surface area contributed by atoms with E-state index in [1.54, 1.807) is 44.6 Å². The highest BCUT2D eigenvalue weighted by atomic mass is 16.6. The number of carbonyl (C=O) groups excluding carboxylic acids is 2. The highest BCUT2D eigenvalue weighted by Gasteiger charge is 2.13. The van der Waals surface area contributed by atoms with Crippen molar-refractivity contribution < 1.29 is 33.3 Å². The summed E-state index contributed by atoms with van der Waals surface area (Å²) in [6.07, 6.45) is 3.65. The van der Waals surface area contributed by atoms with E-state index in [2.05, 4.69) is 0 Å². The summed E-state index contributed by atoms with van der Waals surface area (Å²) in [6, 6.07) is 8.51. The Bertz CT molecular complexity index is 875. The van der Waals surface area contributed by atoms with E-state index >= 15 is 0 Å². The second-order valence-corrected chi connectivity index (χ2v) is 5.69. The van der Waals surface area contributed by atoms with Crippen molar-refractivity contribution in [2.75, 3.05) is 21.3 Å². The monoisotopic (exact) mass is 386 g/mol. The van der Waals surface area contributed by atoms with Gasteiger partial charge < -0.3 is 23.7 Å². The van der Waals surface area contributed by atoms with Gasteiger partial charge in [0, 0.05) is 13.8 Å². The Morgan fingerprint density at radius 1 is 0.679 bits per heavy atom. The quantitative estimate of drug-likeness (QED) is 0.407. The van der Waals surface area contributed by atoms with Crippen molar-refractivity contribution in [3.05, 3.63) is 41.5 Å². The van der Waals surface area contributed by atoms with Crippen LogP contribution >= 0.6 is 0 Å². The molecule has 0 aliphatic rings. The van der Waals surface area contributed by atoms with Gasteiger partial charge in [0.05, 0.1) is 21.3 Å². The predicted octanol–water partition coefficient (Wildman–Crippen LogP) is 3.73. The van der Waals surface area contributed by atoms with Crippen LogP contribution in [-0.4, -0.2) is 33.3 Å². The molecule has 0 aromatic heterocycles. The van der Waals surface area contributed by atoms with E-state index in [1.165, 1.54) is 21.0 Å². The molecular weight excluding hydrogens is 364 g/mol. The van der Waals surface area contributed by atoms with Crippen LogP contribution in [0.4, 0.5) is 0 Å². The van der Waals surface area contributed by atoms with Crippen molar-refractivity contribution in [1.82, 2.24) is 0 Å². The summed E-state index contributed by atoms with van der Waals surface area (Å²) in [5.41, 5.74) is 1.55. The van der Waals surface area contributed by atoms with Crippen LogP contribution in [0.3, 0.4) is 0 Å². The molecule has 0 amide bonds. The minimum atomic E-state index is -0.515. The fourth-order valence-electron chi connectivity index (χ4n) is 2.49. The smallest absolute Gasteiger partial charge is 0.308 e. The standard InChI is InChI=1S/C21H22O7/c1-13(22)27-17-9-8-15(10-18(17)28-14(2)23)6-7-16-11-19(24-3)21(26-5)20(12-16)25-4/h6-12H,1-5H3/b7-6-. The molecular formula is C21H22O7. The van der Waals surface area contributed by atoms with E-state index in [-0.39, 0.29) is 11.5 Å². The van der Waals surface area contributed by atoms with Gasteiger partial charge in [0.25, 0.3) is 0 Å². The van der Waals surface area contributed by atoms with E-state index in [0.717, 1.165) is 11.1 Å². The lowest BCUT2D eigenvalue weighted by Crippen LogP contribution is -2.07. The normalized spacial score (nSPS) is 10.5. The van der Waals surface area contributed by atoms with Crippen LogP contribution in [0.1, 0.15) is 25.0 Å². The second kappa shape index (κ2) is 9.45. The van der Waals surface area contributed by atoms with Crippen LogP contribution in [-0.2, 0) is 9.59 Å². The van der Waals surface area contributed by atoms with E-state index < -0.39 is 11.9 Å². The molecule has 2 rings (SSSR count). The largest absolute Gasteiger partial charge is 0.493 e. The molecule has 0 unspecified atom stereocenters. The van der Waals surface area contributed by atoms with Gasteiger partial charge in [0.2, 0.25) is 5.75 Å². The number of esters is 2. The number of hydrogen-bond donors (Lipinski definition) is 0. The number of benzene rings is 2. The van der Waals surface area contributed by atoms with Crippen LogP contribution in [0.2, 0.25) is 0 Å². The first-order valence-corrected chi connectivity index (χ1v) is 8.37. The zero-order valence-electron chi connectivity index (χ0n) is 16.4. The van der Waals surface area contributed by atoms with Gasteiger partial charge in [-0.25, -0.2) is 0 Å². The summed E-state index contributed by atoms with van der Waals surface area (Å²) in [5, 5.41) is 0. The van der Waals surface area contributed by atoms with Gasteiger partial charge in [-0.1, -0.05) is 18.2 Å². The van der Waals surface area contributed by atoms with Crippen LogP contribution in [0.25, 0.3) is 12.2 Å². The van der Waals surface area contributed by atoms with Crippen LogP contribution < -0.4 is 23.7 Å². The van der Waals surface area contributed by atoms with E-state index in [1.807, 2.05) is 12.2 Å². The lowest BCUT2D eigenvalue weighted by atomic mass is 10.1. The molecule has 2 aromatic carbocycles. The first-order chi connectivity index (χ1) is 13.4. The maximum absolute atomic E-state index is 11.3. The Morgan fingerprint density at radius 3 is 1.68 bits per heavy atom. The molecule has 28 heavy (non-hydrogen) atoms. The molecule has 0 N–H and O–H groups in total. The average molecular weight is 386 g/mol. The molecule has 0 saturated heterocycles. The van der Waals surface area contributed by atoms with Crippen LogP contribution in [0.5, 0.6) is 28.7 Å². The second-order valence-electron chi connectivity index (χ2n) is 5.69. The zero-order valence-corrected chi connectivity index (χ0v) is 16.4. The van der Waals surface area contributed by atoms with Crippen molar-refractivity contribution in [3.8, 4) is 28.7 Å². The average Bonchev–Trinajstić information content (AvgIpc) is 2.66. The number of carbonyl (C=O) groups is 2. The molecule has 0 heterocycles. The van der Waals surface area contributed by atoms with Gasteiger partial charge in [-0.15, -0.1) is 0 Å². The maximum atomic E-state index is 11.3. The molecule has 148 valence electrons. The number of rotatable bonds is 7. The van der Waals surface area contributed by atoms with Crippen LogP contribution in [0.15, 0.2) is 30.3 Å². The van der Waals surface area contributed by atoms with Crippen molar-refractivity contribution in [2.45, 2.75) is 13.8 Å². The zero-order chi connectivity index (χ0) is 20.7. The molecule has 7 nitrogen and oxygen atoms in total. The fourth-order valence-corrected chi connectivity index (χ4v) is 2.49. The Kier molecular flexibility index (Phi) is 7.03. The first-order valence-electron chi connectivity index (χ1n) is 8.37. The molecule has 0 bridgehead atoms. The first kappa shape index (κ1) is 20.8. The van der Waals surface area contributed by atoms with E-state index in [9.17, 15) is 9.59 Å². The third-order valence-electron chi connectivity index (χ3n) is 3.63. The van der Waals surface area contributed by atoms with Crippen molar-refractivity contribution in [1.29, 1.82) is 0 Å². The van der Waals surface area contributed by atoms with Crippen LogP contribution in [0, 0.1) is 0 Å². The molecule has 0 atom stereocenters. The van der Waals surface area contributed by atoms with Gasteiger partial charge in [-0.05, 0) is 35.4 Å². The van der Waals surface area contributed by atoms with Gasteiger partial charge in [-0.3, -0.25) is 9.59 Å². The SMILES string of the molecule is COc1cc(/C=C\c2ccc(OC(C)=O)c(OC(C)=O)c2)cc(OC)c1OC. The van der Waals surface area contributed by atoms with E-state index in [0.29, 0.717) is 17.2 Å². The Hall–Kier alpha value is -3.48. The molecule has 0 spiro atoms. The van der Waals surface area contributed by atoms with Gasteiger partial charge in [0.15, 0.2) is 23.0 Å². The Labute approximate surface area is 163 Å². The van der Waals surface area contributed by atoms with Crippen molar-refractivity contribution in [2.24, 2.45) is 0 Å². The maximum Gasteiger partial charge on any atom is 0.308 e. The third kappa shape index (κ3) is 5.26. The summed E-state index contributed by atoms with van der Waals surface area (Å²) in [5.74, 6) is 0.889. The molecule has 0 fully saturated rings. The molecule has 0 saturated carbocycles. The summed E-state index contributed by atoms with van der Waals surface area (Å²) < 4.78 is 26.2. The van der Waals surface area contributed by atoms with Gasteiger partial charge >= 0.3 is 11.9 Å². The molecule has 0 radical (unpaired) electrons. The molecule has 7 heteroatoms. The Balaban J connectivity index is 2.37. The van der Waals surface area contributed by atoms with Gasteiger partial charge in [-0.2, -0.15) is 0 Å². The number of ether oxygens (including phenoxy) is 5. The van der Waals surface area contributed by atoms with Crippen molar-refractivity contribution in [3.63, 3.8) is 0 Å². The minimum Gasteiger partial charge on any atom is -0.493 e. The topological polar surface area (TPSA) is 80.3 Å². The summed E-state index contributed by atoms with van der Waals surface area (Å²) in [7, 11) is 4.63. The van der Waals surface area contributed by atoms with E-state index in [4.69, 9.17) is 23.7 Å².